The summed E-state index contributed by atoms with van der Waals surface area (Å²) in [5.41, 5.74) is 1.27. The minimum absolute atomic E-state index is 0.0648. The molecule has 0 bridgehead atoms. The van der Waals surface area contributed by atoms with E-state index in [1.165, 1.54) is 5.56 Å². The van der Waals surface area contributed by atoms with Crippen molar-refractivity contribution in [1.82, 2.24) is 4.31 Å². The van der Waals surface area contributed by atoms with Gasteiger partial charge >= 0.3 is 0 Å². The van der Waals surface area contributed by atoms with Gasteiger partial charge < -0.3 is 4.74 Å². The molecule has 1 unspecified atom stereocenters. The van der Waals surface area contributed by atoms with Gasteiger partial charge in [-0.3, -0.25) is 0 Å². The van der Waals surface area contributed by atoms with Crippen LogP contribution in [0.3, 0.4) is 0 Å². The van der Waals surface area contributed by atoms with Crippen LogP contribution in [0.2, 0.25) is 0 Å². The minimum atomic E-state index is -3.47. The van der Waals surface area contributed by atoms with Gasteiger partial charge in [0.25, 0.3) is 0 Å². The Hall–Kier alpha value is -1.50. The van der Waals surface area contributed by atoms with E-state index in [2.05, 4.69) is 12.1 Å². The van der Waals surface area contributed by atoms with E-state index in [4.69, 9.17) is 4.74 Å². The molecule has 3 rings (SSSR count). The Bertz CT molecular complexity index is 805. The number of sulfonamides is 1. The van der Waals surface area contributed by atoms with Gasteiger partial charge in [0, 0.05) is 24.1 Å². The molecule has 0 saturated carbocycles. The summed E-state index contributed by atoms with van der Waals surface area (Å²) in [6.07, 6.45) is 0.887. The molecule has 1 aliphatic heterocycles. The molecule has 1 atom stereocenters. The highest BCUT2D eigenvalue weighted by Crippen LogP contribution is 2.35. The first-order chi connectivity index (χ1) is 12.5. The summed E-state index contributed by atoms with van der Waals surface area (Å²) in [6.45, 7) is 4.98. The van der Waals surface area contributed by atoms with Crippen molar-refractivity contribution >= 4 is 21.8 Å². The Morgan fingerprint density at radius 3 is 2.38 bits per heavy atom. The maximum atomic E-state index is 13.0. The Morgan fingerprint density at radius 1 is 1.04 bits per heavy atom. The first kappa shape index (κ1) is 19.3. The van der Waals surface area contributed by atoms with Crippen molar-refractivity contribution in [3.05, 3.63) is 60.2 Å². The second kappa shape index (κ2) is 8.46. The smallest absolute Gasteiger partial charge is 0.243 e. The molecule has 4 nitrogen and oxygen atoms in total. The molecule has 2 aromatic carbocycles. The fourth-order valence-corrected chi connectivity index (χ4v) is 5.84. The number of hydrogen-bond donors (Lipinski definition) is 0. The van der Waals surface area contributed by atoms with Crippen LogP contribution in [0.25, 0.3) is 0 Å². The van der Waals surface area contributed by atoms with Crippen LogP contribution in [0, 0.1) is 0 Å². The van der Waals surface area contributed by atoms with Gasteiger partial charge in [-0.25, -0.2) is 8.42 Å². The Kier molecular flexibility index (Phi) is 6.27. The van der Waals surface area contributed by atoms with Crippen LogP contribution < -0.4 is 4.74 Å². The van der Waals surface area contributed by atoms with E-state index in [0.29, 0.717) is 29.0 Å². The monoisotopic (exact) mass is 391 g/mol. The summed E-state index contributed by atoms with van der Waals surface area (Å²) in [7, 11) is -3.47. The van der Waals surface area contributed by atoms with Crippen molar-refractivity contribution in [3.8, 4) is 5.75 Å². The maximum Gasteiger partial charge on any atom is 0.243 e. The zero-order valence-electron chi connectivity index (χ0n) is 15.2. The largest absolute Gasteiger partial charge is 0.491 e. The second-order valence-electron chi connectivity index (χ2n) is 6.60. The zero-order chi connectivity index (χ0) is 18.6. The van der Waals surface area contributed by atoms with Crippen LogP contribution in [0.1, 0.15) is 31.1 Å². The molecule has 1 aliphatic rings. The normalized spacial score (nSPS) is 19.3. The van der Waals surface area contributed by atoms with Crippen LogP contribution in [0.15, 0.2) is 59.5 Å². The Labute approximate surface area is 160 Å². The van der Waals surface area contributed by atoms with E-state index in [1.54, 1.807) is 28.6 Å². The van der Waals surface area contributed by atoms with E-state index in [0.717, 1.165) is 12.2 Å². The lowest BCUT2D eigenvalue weighted by Gasteiger charge is -2.20. The number of benzene rings is 2. The third-order valence-corrected chi connectivity index (χ3v) is 7.55. The Morgan fingerprint density at radius 2 is 1.73 bits per heavy atom. The van der Waals surface area contributed by atoms with Gasteiger partial charge in [-0.05, 0) is 50.1 Å². The van der Waals surface area contributed by atoms with E-state index in [-0.39, 0.29) is 6.10 Å². The van der Waals surface area contributed by atoms with E-state index in [9.17, 15) is 8.42 Å². The fourth-order valence-electron chi connectivity index (χ4n) is 3.04. The highest BCUT2D eigenvalue weighted by molar-refractivity contribution is 7.99. The van der Waals surface area contributed by atoms with Crippen molar-refractivity contribution in [1.29, 1.82) is 0 Å². The number of ether oxygens (including phenoxy) is 1. The molecule has 0 aliphatic carbocycles. The molecular formula is C20H25NO3S2. The average Bonchev–Trinajstić information content (AvgIpc) is 2.89. The van der Waals surface area contributed by atoms with Gasteiger partial charge in [-0.2, -0.15) is 16.1 Å². The molecule has 0 aromatic heterocycles. The van der Waals surface area contributed by atoms with Crippen LogP contribution in [0.4, 0.5) is 0 Å². The molecule has 26 heavy (non-hydrogen) atoms. The number of hydrogen-bond acceptors (Lipinski definition) is 4. The van der Waals surface area contributed by atoms with Crippen molar-refractivity contribution in [2.45, 2.75) is 36.5 Å². The zero-order valence-corrected chi connectivity index (χ0v) is 16.8. The van der Waals surface area contributed by atoms with Crippen molar-refractivity contribution in [2.75, 3.05) is 18.8 Å². The van der Waals surface area contributed by atoms with Crippen LogP contribution in [-0.2, 0) is 10.0 Å². The van der Waals surface area contributed by atoms with Crippen LogP contribution >= 0.6 is 11.8 Å². The van der Waals surface area contributed by atoms with Crippen molar-refractivity contribution in [2.24, 2.45) is 0 Å². The SMILES string of the molecule is CC(C)Oc1ccc(S(=O)(=O)N2CCSC(c3ccccc3)CC2)cc1. The number of nitrogens with zero attached hydrogens (tertiary/aromatic N) is 1. The molecule has 6 heteroatoms. The summed E-state index contributed by atoms with van der Waals surface area (Å²) in [5.74, 6) is 1.49. The van der Waals surface area contributed by atoms with E-state index >= 15 is 0 Å². The predicted molar refractivity (Wildman–Crippen MR) is 107 cm³/mol. The van der Waals surface area contributed by atoms with E-state index < -0.39 is 10.0 Å². The molecule has 1 heterocycles. The third-order valence-electron chi connectivity index (χ3n) is 4.31. The summed E-state index contributed by atoms with van der Waals surface area (Å²) >= 11 is 1.84. The first-order valence-corrected chi connectivity index (χ1v) is 11.4. The summed E-state index contributed by atoms with van der Waals surface area (Å²) < 4.78 is 33.2. The summed E-state index contributed by atoms with van der Waals surface area (Å²) in [4.78, 5) is 0.330. The van der Waals surface area contributed by atoms with Crippen LogP contribution in [0.5, 0.6) is 5.75 Å². The van der Waals surface area contributed by atoms with Gasteiger partial charge in [-0.15, -0.1) is 0 Å². The summed E-state index contributed by atoms with van der Waals surface area (Å²) in [6, 6.07) is 17.1. The molecule has 0 amide bonds. The molecule has 1 fully saturated rings. The lowest BCUT2D eigenvalue weighted by molar-refractivity contribution is 0.242. The molecule has 0 spiro atoms. The number of thioether (sulfide) groups is 1. The summed E-state index contributed by atoms with van der Waals surface area (Å²) in [5, 5.41) is 0.346. The number of rotatable bonds is 5. The minimum Gasteiger partial charge on any atom is -0.491 e. The molecule has 1 saturated heterocycles. The van der Waals surface area contributed by atoms with Crippen molar-refractivity contribution < 1.29 is 13.2 Å². The van der Waals surface area contributed by atoms with Gasteiger partial charge in [0.1, 0.15) is 5.75 Å². The first-order valence-electron chi connectivity index (χ1n) is 8.90. The lowest BCUT2D eigenvalue weighted by atomic mass is 10.1. The lowest BCUT2D eigenvalue weighted by Crippen LogP contribution is -2.33. The molecule has 0 radical (unpaired) electrons. The van der Waals surface area contributed by atoms with Gasteiger partial charge in [0.05, 0.1) is 11.0 Å². The highest BCUT2D eigenvalue weighted by atomic mass is 32.2. The Balaban J connectivity index is 1.71. The maximum absolute atomic E-state index is 13.0. The quantitative estimate of drug-likeness (QED) is 0.760. The highest BCUT2D eigenvalue weighted by Gasteiger charge is 2.28. The standard InChI is InChI=1S/C20H25NO3S2/c1-16(2)24-18-8-10-19(11-9-18)26(22,23)21-13-12-20(25-15-14-21)17-6-4-3-5-7-17/h3-11,16,20H,12-15H2,1-2H3. The molecule has 2 aromatic rings. The molecule has 140 valence electrons. The third kappa shape index (κ3) is 4.61. The fraction of sp³-hybridized carbons (Fsp3) is 0.400. The van der Waals surface area contributed by atoms with Gasteiger partial charge in [0.15, 0.2) is 0 Å². The van der Waals surface area contributed by atoms with Gasteiger partial charge in [0.2, 0.25) is 10.0 Å². The average molecular weight is 392 g/mol. The second-order valence-corrected chi connectivity index (χ2v) is 9.85. The van der Waals surface area contributed by atoms with Crippen LogP contribution in [-0.4, -0.2) is 37.7 Å². The molecular weight excluding hydrogens is 366 g/mol. The topological polar surface area (TPSA) is 46.6 Å². The van der Waals surface area contributed by atoms with Gasteiger partial charge in [-0.1, -0.05) is 30.3 Å². The predicted octanol–water partition coefficient (Wildman–Crippen LogP) is 4.34. The molecule has 0 N–H and O–H groups in total. The van der Waals surface area contributed by atoms with E-state index in [1.807, 2.05) is 43.8 Å². The van der Waals surface area contributed by atoms with Crippen molar-refractivity contribution in [3.63, 3.8) is 0 Å².